The van der Waals surface area contributed by atoms with E-state index in [-0.39, 0.29) is 5.91 Å². The van der Waals surface area contributed by atoms with Crippen molar-refractivity contribution >= 4 is 38.4 Å². The fourth-order valence-electron chi connectivity index (χ4n) is 3.37. The molecule has 4 rings (SSSR count). The predicted molar refractivity (Wildman–Crippen MR) is 96.2 cm³/mol. The smallest absolute Gasteiger partial charge is 0.264 e. The van der Waals surface area contributed by atoms with E-state index in [9.17, 15) is 4.79 Å². The number of benzene rings is 1. The number of hydrogen-bond donors (Lipinski definition) is 0. The van der Waals surface area contributed by atoms with Crippen molar-refractivity contribution in [1.29, 1.82) is 0 Å². The van der Waals surface area contributed by atoms with Gasteiger partial charge in [-0.25, -0.2) is 4.98 Å². The Labute approximate surface area is 139 Å². The zero-order valence-corrected chi connectivity index (χ0v) is 14.3. The highest BCUT2D eigenvalue weighted by Crippen LogP contribution is 2.29. The minimum absolute atomic E-state index is 0.166. The molecule has 0 bridgehead atoms. The van der Waals surface area contributed by atoms with Crippen molar-refractivity contribution < 1.29 is 4.79 Å². The van der Waals surface area contributed by atoms with E-state index in [2.05, 4.69) is 38.1 Å². The highest BCUT2D eigenvalue weighted by atomic mass is 32.1. The molecule has 0 saturated carbocycles. The number of nitrogens with zero attached hydrogens (tertiary/aromatic N) is 2. The number of aromatic nitrogens is 1. The van der Waals surface area contributed by atoms with Gasteiger partial charge in [0.25, 0.3) is 5.91 Å². The topological polar surface area (TPSA) is 33.2 Å². The van der Waals surface area contributed by atoms with E-state index >= 15 is 0 Å². The molecule has 1 atom stereocenters. The van der Waals surface area contributed by atoms with Gasteiger partial charge in [-0.3, -0.25) is 4.79 Å². The van der Waals surface area contributed by atoms with Gasteiger partial charge in [-0.2, -0.15) is 0 Å². The van der Waals surface area contributed by atoms with Crippen LogP contribution in [0.2, 0.25) is 0 Å². The number of amides is 1. The van der Waals surface area contributed by atoms with Gasteiger partial charge in [0.15, 0.2) is 0 Å². The van der Waals surface area contributed by atoms with Gasteiger partial charge in [-0.1, -0.05) is 19.1 Å². The summed E-state index contributed by atoms with van der Waals surface area (Å²) in [7, 11) is 0. The molecule has 2 aromatic heterocycles. The van der Waals surface area contributed by atoms with Crippen LogP contribution >= 0.6 is 11.3 Å². The van der Waals surface area contributed by atoms with Gasteiger partial charge < -0.3 is 4.90 Å². The zero-order chi connectivity index (χ0) is 16.0. The van der Waals surface area contributed by atoms with Crippen LogP contribution in [0.3, 0.4) is 0 Å². The lowest BCUT2D eigenvalue weighted by Crippen LogP contribution is -2.38. The SMILES string of the molecule is Cc1ccc2cc3cc(C(=O)N4CCC[C@@H](C)C4)sc3nc2c1. The average molecular weight is 324 g/mol. The van der Waals surface area contributed by atoms with Crippen molar-refractivity contribution in [2.75, 3.05) is 13.1 Å². The van der Waals surface area contributed by atoms with Crippen LogP contribution in [-0.4, -0.2) is 28.9 Å². The second kappa shape index (κ2) is 5.60. The summed E-state index contributed by atoms with van der Waals surface area (Å²) in [5.41, 5.74) is 2.21. The van der Waals surface area contributed by atoms with Crippen LogP contribution in [0.1, 0.15) is 35.0 Å². The van der Waals surface area contributed by atoms with Gasteiger partial charge in [-0.15, -0.1) is 11.3 Å². The molecule has 1 saturated heterocycles. The van der Waals surface area contributed by atoms with Gasteiger partial charge in [0, 0.05) is 23.9 Å². The third-order valence-corrected chi connectivity index (χ3v) is 5.65. The molecule has 1 fully saturated rings. The Morgan fingerprint density at radius 3 is 2.96 bits per heavy atom. The largest absolute Gasteiger partial charge is 0.338 e. The first-order valence-electron chi connectivity index (χ1n) is 8.20. The third-order valence-electron chi connectivity index (χ3n) is 4.61. The molecule has 1 aliphatic heterocycles. The number of aryl methyl sites for hydroxylation is 1. The summed E-state index contributed by atoms with van der Waals surface area (Å²) in [6.07, 6.45) is 2.34. The maximum Gasteiger partial charge on any atom is 0.264 e. The van der Waals surface area contributed by atoms with Gasteiger partial charge in [0.05, 0.1) is 10.4 Å². The van der Waals surface area contributed by atoms with Crippen molar-refractivity contribution in [3.05, 3.63) is 40.8 Å². The van der Waals surface area contributed by atoms with E-state index < -0.39 is 0 Å². The first-order valence-corrected chi connectivity index (χ1v) is 9.02. The van der Waals surface area contributed by atoms with Crippen molar-refractivity contribution in [3.63, 3.8) is 0 Å². The molecule has 3 nitrogen and oxygen atoms in total. The van der Waals surface area contributed by atoms with Crippen LogP contribution in [0, 0.1) is 12.8 Å². The zero-order valence-electron chi connectivity index (χ0n) is 13.5. The van der Waals surface area contributed by atoms with Crippen LogP contribution in [0.25, 0.3) is 21.1 Å². The first kappa shape index (κ1) is 14.6. The van der Waals surface area contributed by atoms with Crippen molar-refractivity contribution in [2.24, 2.45) is 5.92 Å². The highest BCUT2D eigenvalue weighted by Gasteiger charge is 2.23. The van der Waals surface area contributed by atoms with Crippen molar-refractivity contribution in [3.8, 4) is 0 Å². The normalized spacial score (nSPS) is 18.7. The van der Waals surface area contributed by atoms with E-state index in [0.717, 1.165) is 45.5 Å². The van der Waals surface area contributed by atoms with Crippen LogP contribution in [0.5, 0.6) is 0 Å². The molecular weight excluding hydrogens is 304 g/mol. The van der Waals surface area contributed by atoms with E-state index in [1.54, 1.807) is 0 Å². The molecule has 3 heterocycles. The number of thiophene rings is 1. The number of fused-ring (bicyclic) bond motifs is 2. The highest BCUT2D eigenvalue weighted by molar-refractivity contribution is 7.20. The summed E-state index contributed by atoms with van der Waals surface area (Å²) < 4.78 is 0. The molecule has 1 amide bonds. The Morgan fingerprint density at radius 2 is 2.13 bits per heavy atom. The van der Waals surface area contributed by atoms with E-state index in [4.69, 9.17) is 4.98 Å². The minimum atomic E-state index is 0.166. The number of pyridine rings is 1. The molecule has 0 radical (unpaired) electrons. The summed E-state index contributed by atoms with van der Waals surface area (Å²) in [6.45, 7) is 6.06. The third kappa shape index (κ3) is 2.72. The predicted octanol–water partition coefficient (Wildman–Crippen LogP) is 4.63. The number of carbonyl (C=O) groups excluding carboxylic acids is 1. The van der Waals surface area contributed by atoms with Gasteiger partial charge in [-0.05, 0) is 49.4 Å². The number of rotatable bonds is 1. The average Bonchev–Trinajstić information content (AvgIpc) is 2.94. The number of piperidine rings is 1. The van der Waals surface area contributed by atoms with Crippen LogP contribution in [0.4, 0.5) is 0 Å². The van der Waals surface area contributed by atoms with Gasteiger partial charge in [0.1, 0.15) is 4.83 Å². The molecule has 23 heavy (non-hydrogen) atoms. The standard InChI is InChI=1S/C19H20N2OS/c1-12-5-6-14-9-15-10-17(23-18(15)20-16(14)8-12)19(22)21-7-3-4-13(2)11-21/h5-6,8-10,13H,3-4,7,11H2,1-2H3/t13-/m1/s1. The van der Waals surface area contributed by atoms with Crippen molar-refractivity contribution in [1.82, 2.24) is 9.88 Å². The van der Waals surface area contributed by atoms with Crippen molar-refractivity contribution in [2.45, 2.75) is 26.7 Å². The number of carbonyl (C=O) groups is 1. The van der Waals surface area contributed by atoms with E-state index in [1.165, 1.54) is 23.3 Å². The maximum atomic E-state index is 12.8. The molecule has 0 N–H and O–H groups in total. The second-order valence-corrected chi connectivity index (χ2v) is 7.72. The molecule has 118 valence electrons. The molecular formula is C19H20N2OS. The fourth-order valence-corrected chi connectivity index (χ4v) is 4.36. The van der Waals surface area contributed by atoms with Crippen LogP contribution in [-0.2, 0) is 0 Å². The Hall–Kier alpha value is -1.94. The lowest BCUT2D eigenvalue weighted by Gasteiger charge is -2.30. The lowest BCUT2D eigenvalue weighted by molar-refractivity contribution is 0.0688. The summed E-state index contributed by atoms with van der Waals surface area (Å²) in [5, 5.41) is 2.20. The fraction of sp³-hybridized carbons (Fsp3) is 0.368. The Morgan fingerprint density at radius 1 is 1.26 bits per heavy atom. The van der Waals surface area contributed by atoms with E-state index in [0.29, 0.717) is 5.92 Å². The minimum Gasteiger partial charge on any atom is -0.338 e. The lowest BCUT2D eigenvalue weighted by atomic mass is 10.0. The molecule has 1 aliphatic rings. The summed E-state index contributed by atoms with van der Waals surface area (Å²) in [4.78, 5) is 21.3. The monoisotopic (exact) mass is 324 g/mol. The second-order valence-electron chi connectivity index (χ2n) is 6.69. The quantitative estimate of drug-likeness (QED) is 0.654. The van der Waals surface area contributed by atoms with E-state index in [1.807, 2.05) is 11.0 Å². The molecule has 1 aromatic carbocycles. The van der Waals surface area contributed by atoms with Gasteiger partial charge in [0.2, 0.25) is 0 Å². The van der Waals surface area contributed by atoms with Gasteiger partial charge >= 0.3 is 0 Å². The van der Waals surface area contributed by atoms with Crippen LogP contribution in [0.15, 0.2) is 30.3 Å². The Bertz CT molecular complexity index is 899. The maximum absolute atomic E-state index is 12.8. The molecule has 4 heteroatoms. The number of likely N-dealkylation sites (tertiary alicyclic amines) is 1. The van der Waals surface area contributed by atoms with Crippen LogP contribution < -0.4 is 0 Å². The molecule has 0 spiro atoms. The molecule has 3 aromatic rings. The Kier molecular flexibility index (Phi) is 3.57. The summed E-state index contributed by atoms with van der Waals surface area (Å²) >= 11 is 1.52. The summed E-state index contributed by atoms with van der Waals surface area (Å²) in [6, 6.07) is 10.4. The Balaban J connectivity index is 1.73. The number of hydrogen-bond acceptors (Lipinski definition) is 3. The summed E-state index contributed by atoms with van der Waals surface area (Å²) in [5.74, 6) is 0.769. The molecule has 0 aliphatic carbocycles. The first-order chi connectivity index (χ1) is 11.1. The molecule has 0 unspecified atom stereocenters.